The molecular weight excluding hydrogens is 382 g/mol. The topological polar surface area (TPSA) is 79.0 Å². The molecule has 0 aliphatic carbocycles. The van der Waals surface area contributed by atoms with E-state index in [1.54, 1.807) is 48.4 Å². The summed E-state index contributed by atoms with van der Waals surface area (Å²) in [5, 5.41) is 2.90. The van der Waals surface area contributed by atoms with E-state index in [4.69, 9.17) is 4.74 Å². The van der Waals surface area contributed by atoms with Gasteiger partial charge in [-0.2, -0.15) is 0 Å². The number of anilines is 1. The van der Waals surface area contributed by atoms with E-state index in [0.717, 1.165) is 10.5 Å². The second-order valence-electron chi connectivity index (χ2n) is 7.94. The Kier molecular flexibility index (Phi) is 5.20. The largest absolute Gasteiger partial charge is 0.497 e. The van der Waals surface area contributed by atoms with E-state index in [0.29, 0.717) is 35.9 Å². The molecule has 7 heteroatoms. The van der Waals surface area contributed by atoms with Gasteiger partial charge >= 0.3 is 6.03 Å². The van der Waals surface area contributed by atoms with E-state index in [1.165, 1.54) is 0 Å². The average Bonchev–Trinajstić information content (AvgIpc) is 3.17. The number of nitrogens with zero attached hydrogens (tertiary/aromatic N) is 2. The summed E-state index contributed by atoms with van der Waals surface area (Å²) in [6.45, 7) is 4.57. The van der Waals surface area contributed by atoms with Gasteiger partial charge in [0.15, 0.2) is 0 Å². The van der Waals surface area contributed by atoms with E-state index in [2.05, 4.69) is 19.2 Å². The highest BCUT2D eigenvalue weighted by molar-refractivity contribution is 6.19. The maximum absolute atomic E-state index is 13.3. The smallest absolute Gasteiger partial charge is 0.329 e. The van der Waals surface area contributed by atoms with Crippen molar-refractivity contribution < 1.29 is 19.1 Å². The van der Waals surface area contributed by atoms with Gasteiger partial charge in [0.05, 0.1) is 18.8 Å². The Morgan fingerprint density at radius 3 is 2.33 bits per heavy atom. The third-order valence-electron chi connectivity index (χ3n) is 5.80. The summed E-state index contributed by atoms with van der Waals surface area (Å²) in [7, 11) is 1.56. The third-order valence-corrected chi connectivity index (χ3v) is 5.80. The van der Waals surface area contributed by atoms with Gasteiger partial charge in [-0.05, 0) is 54.3 Å². The van der Waals surface area contributed by atoms with Crippen LogP contribution in [0.3, 0.4) is 0 Å². The summed E-state index contributed by atoms with van der Waals surface area (Å²) in [5.74, 6) is 0.398. The molecule has 30 heavy (non-hydrogen) atoms. The van der Waals surface area contributed by atoms with Crippen LogP contribution in [0.2, 0.25) is 0 Å². The Morgan fingerprint density at radius 1 is 1.07 bits per heavy atom. The second-order valence-corrected chi connectivity index (χ2v) is 7.94. The molecule has 4 amide bonds. The lowest BCUT2D eigenvalue weighted by molar-refractivity contribution is -0.122. The lowest BCUT2D eigenvalue weighted by Crippen LogP contribution is -2.65. The summed E-state index contributed by atoms with van der Waals surface area (Å²) in [6.07, 6.45) is 0.546. The number of benzene rings is 2. The van der Waals surface area contributed by atoms with Crippen molar-refractivity contribution in [3.63, 3.8) is 0 Å². The fourth-order valence-electron chi connectivity index (χ4n) is 4.08. The molecule has 2 heterocycles. The number of hydrogen-bond donors (Lipinski definition) is 1. The number of rotatable bonds is 4. The van der Waals surface area contributed by atoms with Crippen LogP contribution in [0.4, 0.5) is 10.5 Å². The first kappa shape index (κ1) is 19.9. The minimum absolute atomic E-state index is 0.232. The lowest BCUT2D eigenvalue weighted by Gasteiger charge is -2.37. The standard InChI is InChI=1S/C23H25N3O4/c1-14(2)15-4-8-17(9-5-15)26-22(28)20-19(24-23(26)29)12-13-25(20)21(27)16-6-10-18(30-3)11-7-16/h4-11,14,19-20H,12-13H2,1-3H3,(H,24,29)/t19-,20-/m1/s1. The van der Waals surface area contributed by atoms with Gasteiger partial charge < -0.3 is 15.0 Å². The summed E-state index contributed by atoms with van der Waals surface area (Å²) in [5.41, 5.74) is 2.11. The van der Waals surface area contributed by atoms with Crippen LogP contribution >= 0.6 is 0 Å². The van der Waals surface area contributed by atoms with E-state index in [9.17, 15) is 14.4 Å². The van der Waals surface area contributed by atoms with Crippen LogP contribution in [0.5, 0.6) is 5.75 Å². The van der Waals surface area contributed by atoms with Gasteiger partial charge in [0.25, 0.3) is 11.8 Å². The molecule has 0 saturated carbocycles. The van der Waals surface area contributed by atoms with E-state index in [-0.39, 0.29) is 17.9 Å². The van der Waals surface area contributed by atoms with Gasteiger partial charge in [-0.25, -0.2) is 9.69 Å². The van der Waals surface area contributed by atoms with Gasteiger partial charge in [0.1, 0.15) is 11.8 Å². The molecule has 2 fully saturated rings. The zero-order valence-electron chi connectivity index (χ0n) is 17.3. The molecule has 0 bridgehead atoms. The number of hydrogen-bond acceptors (Lipinski definition) is 4. The first-order valence-corrected chi connectivity index (χ1v) is 10.1. The molecule has 0 radical (unpaired) electrons. The molecule has 0 aromatic heterocycles. The molecule has 2 aromatic carbocycles. The Morgan fingerprint density at radius 2 is 1.73 bits per heavy atom. The maximum atomic E-state index is 13.3. The van der Waals surface area contributed by atoms with Crippen LogP contribution < -0.4 is 15.0 Å². The van der Waals surface area contributed by atoms with Crippen molar-refractivity contribution in [2.45, 2.75) is 38.3 Å². The van der Waals surface area contributed by atoms with Crippen LogP contribution in [-0.2, 0) is 4.79 Å². The Balaban J connectivity index is 1.60. The Bertz CT molecular complexity index is 969. The van der Waals surface area contributed by atoms with E-state index in [1.807, 2.05) is 12.1 Å². The number of methoxy groups -OCH3 is 1. The van der Waals surface area contributed by atoms with Crippen LogP contribution in [0.15, 0.2) is 48.5 Å². The van der Waals surface area contributed by atoms with Crippen LogP contribution in [0.25, 0.3) is 0 Å². The molecule has 1 N–H and O–H groups in total. The summed E-state index contributed by atoms with van der Waals surface area (Å²) >= 11 is 0. The molecule has 2 aromatic rings. The zero-order valence-corrected chi connectivity index (χ0v) is 17.3. The summed E-state index contributed by atoms with van der Waals surface area (Å²) in [4.78, 5) is 41.8. The van der Waals surface area contributed by atoms with E-state index < -0.39 is 12.1 Å². The molecular formula is C23H25N3O4. The quantitative estimate of drug-likeness (QED) is 0.844. The molecule has 2 atom stereocenters. The predicted molar refractivity (Wildman–Crippen MR) is 113 cm³/mol. The highest BCUT2D eigenvalue weighted by Crippen LogP contribution is 2.30. The number of ether oxygens (including phenoxy) is 1. The molecule has 0 unspecified atom stereocenters. The minimum atomic E-state index is -0.720. The number of carbonyl (C=O) groups excluding carboxylic acids is 3. The van der Waals surface area contributed by atoms with Crippen LogP contribution in [0, 0.1) is 0 Å². The predicted octanol–water partition coefficient (Wildman–Crippen LogP) is 3.16. The molecule has 0 spiro atoms. The normalized spacial score (nSPS) is 20.9. The van der Waals surface area contributed by atoms with Crippen LogP contribution in [-0.4, -0.2) is 48.5 Å². The Labute approximate surface area is 175 Å². The fourth-order valence-corrected chi connectivity index (χ4v) is 4.08. The van der Waals surface area contributed by atoms with Gasteiger partial charge in [-0.15, -0.1) is 0 Å². The number of nitrogens with one attached hydrogen (secondary N) is 1. The van der Waals surface area contributed by atoms with Crippen molar-refractivity contribution in [1.82, 2.24) is 10.2 Å². The Hall–Kier alpha value is -3.35. The number of likely N-dealkylation sites (tertiary alicyclic amines) is 1. The zero-order chi connectivity index (χ0) is 21.4. The molecule has 156 valence electrons. The molecule has 7 nitrogen and oxygen atoms in total. The first-order valence-electron chi connectivity index (χ1n) is 10.1. The monoisotopic (exact) mass is 407 g/mol. The van der Waals surface area contributed by atoms with Gasteiger partial charge in [-0.1, -0.05) is 26.0 Å². The average molecular weight is 407 g/mol. The number of imide groups is 1. The van der Waals surface area contributed by atoms with Crippen molar-refractivity contribution in [3.8, 4) is 5.75 Å². The van der Waals surface area contributed by atoms with E-state index >= 15 is 0 Å². The highest BCUT2D eigenvalue weighted by atomic mass is 16.5. The number of carbonyl (C=O) groups is 3. The minimum Gasteiger partial charge on any atom is -0.497 e. The lowest BCUT2D eigenvalue weighted by atomic mass is 10.0. The number of urea groups is 1. The maximum Gasteiger partial charge on any atom is 0.329 e. The second kappa shape index (κ2) is 7.82. The first-order chi connectivity index (χ1) is 14.4. The van der Waals surface area contributed by atoms with Crippen molar-refractivity contribution in [3.05, 3.63) is 59.7 Å². The van der Waals surface area contributed by atoms with Gasteiger partial charge in [0.2, 0.25) is 0 Å². The van der Waals surface area contributed by atoms with Crippen molar-refractivity contribution >= 4 is 23.5 Å². The number of amides is 4. The molecule has 2 aliphatic heterocycles. The molecule has 4 rings (SSSR count). The summed E-state index contributed by atoms with van der Waals surface area (Å²) < 4.78 is 5.14. The number of fused-ring (bicyclic) bond motifs is 1. The van der Waals surface area contributed by atoms with Crippen LogP contribution in [0.1, 0.15) is 42.1 Å². The summed E-state index contributed by atoms with van der Waals surface area (Å²) in [6, 6.07) is 12.6. The van der Waals surface area contributed by atoms with Gasteiger partial charge in [0, 0.05) is 12.1 Å². The van der Waals surface area contributed by atoms with Crippen molar-refractivity contribution in [2.75, 3.05) is 18.6 Å². The van der Waals surface area contributed by atoms with Crippen molar-refractivity contribution in [1.29, 1.82) is 0 Å². The molecule has 2 aliphatic rings. The van der Waals surface area contributed by atoms with Crippen molar-refractivity contribution in [2.24, 2.45) is 0 Å². The highest BCUT2D eigenvalue weighted by Gasteiger charge is 2.50. The third kappa shape index (κ3) is 3.40. The fraction of sp³-hybridized carbons (Fsp3) is 0.348. The molecule has 2 saturated heterocycles. The van der Waals surface area contributed by atoms with Gasteiger partial charge in [-0.3, -0.25) is 9.59 Å². The SMILES string of the molecule is COc1ccc(C(=O)N2CC[C@H]3NC(=O)N(c4ccc(C(C)C)cc4)C(=O)[C@@H]32)cc1.